The van der Waals surface area contributed by atoms with Crippen LogP contribution in [0.1, 0.15) is 5.56 Å². The molecule has 0 aliphatic carbocycles. The van der Waals surface area contributed by atoms with E-state index in [1.54, 1.807) is 31.4 Å². The lowest BCUT2D eigenvalue weighted by atomic mass is 10.1. The number of rotatable bonds is 6. The van der Waals surface area contributed by atoms with Crippen molar-refractivity contribution >= 4 is 23.5 Å². The lowest BCUT2D eigenvalue weighted by Crippen LogP contribution is -2.38. The van der Waals surface area contributed by atoms with Crippen molar-refractivity contribution < 1.29 is 19.1 Å². The lowest BCUT2D eigenvalue weighted by molar-refractivity contribution is -0.130. The number of carbonyl (C=O) groups excluding carboxylic acids is 3. The summed E-state index contributed by atoms with van der Waals surface area (Å²) < 4.78 is 5.05. The topological polar surface area (TPSA) is 87.7 Å². The van der Waals surface area contributed by atoms with Gasteiger partial charge in [-0.2, -0.15) is 0 Å². The summed E-state index contributed by atoms with van der Waals surface area (Å²) in [5.41, 5.74) is 1.50. The molecule has 1 aliphatic rings. The Hall–Kier alpha value is -3.35. The van der Waals surface area contributed by atoms with E-state index in [1.807, 2.05) is 30.3 Å². The molecule has 0 saturated carbocycles. The van der Waals surface area contributed by atoms with E-state index in [0.717, 1.165) is 10.5 Å². The predicted octanol–water partition coefficient (Wildman–Crippen LogP) is 1.80. The predicted molar refractivity (Wildman–Crippen MR) is 95.8 cm³/mol. The zero-order chi connectivity index (χ0) is 18.5. The van der Waals surface area contributed by atoms with Crippen LogP contribution in [-0.2, 0) is 16.0 Å². The van der Waals surface area contributed by atoms with E-state index < -0.39 is 23.9 Å². The largest absolute Gasteiger partial charge is 0.497 e. The van der Waals surface area contributed by atoms with Gasteiger partial charge in [0.1, 0.15) is 18.3 Å². The minimum absolute atomic E-state index is 0.331. The Bertz CT molecular complexity index is 805. The molecular weight excluding hydrogens is 334 g/mol. The van der Waals surface area contributed by atoms with Crippen molar-refractivity contribution in [2.24, 2.45) is 0 Å². The van der Waals surface area contributed by atoms with Gasteiger partial charge >= 0.3 is 6.03 Å². The van der Waals surface area contributed by atoms with Crippen molar-refractivity contribution in [3.8, 4) is 5.75 Å². The normalized spacial score (nSPS) is 16.3. The van der Waals surface area contributed by atoms with Crippen molar-refractivity contribution in [3.05, 3.63) is 60.2 Å². The highest BCUT2D eigenvalue weighted by molar-refractivity contribution is 6.08. The summed E-state index contributed by atoms with van der Waals surface area (Å²) in [5.74, 6) is -0.177. The zero-order valence-corrected chi connectivity index (χ0v) is 14.3. The van der Waals surface area contributed by atoms with Crippen LogP contribution in [0.4, 0.5) is 10.5 Å². The molecule has 2 aromatic rings. The summed E-state index contributed by atoms with van der Waals surface area (Å²) in [7, 11) is 1.55. The highest BCUT2D eigenvalue weighted by Gasteiger charge is 2.38. The fourth-order valence-corrected chi connectivity index (χ4v) is 2.73. The second-order valence-corrected chi connectivity index (χ2v) is 5.89. The van der Waals surface area contributed by atoms with Crippen LogP contribution in [0.15, 0.2) is 54.6 Å². The standard InChI is InChI=1S/C19H19N3O4/c1-26-15-9-7-14(8-10-15)20-17(23)12-22-18(24)16(21-19(22)25)11-13-5-3-2-4-6-13/h2-10,16H,11-12H2,1H3,(H,20,23)(H,21,25). The maximum atomic E-state index is 12.4. The first-order valence-electron chi connectivity index (χ1n) is 8.16. The van der Waals surface area contributed by atoms with Crippen LogP contribution >= 0.6 is 0 Å². The van der Waals surface area contributed by atoms with Gasteiger partial charge in [-0.15, -0.1) is 0 Å². The highest BCUT2D eigenvalue weighted by Crippen LogP contribution is 2.16. The number of carbonyl (C=O) groups is 3. The molecular formula is C19H19N3O4. The number of methoxy groups -OCH3 is 1. The number of benzene rings is 2. The number of amides is 4. The van der Waals surface area contributed by atoms with Crippen molar-refractivity contribution in [2.45, 2.75) is 12.5 Å². The van der Waals surface area contributed by atoms with E-state index in [1.165, 1.54) is 0 Å². The first-order chi connectivity index (χ1) is 12.6. The monoisotopic (exact) mass is 353 g/mol. The van der Waals surface area contributed by atoms with Crippen LogP contribution in [-0.4, -0.2) is 42.4 Å². The molecule has 2 N–H and O–H groups in total. The van der Waals surface area contributed by atoms with Crippen LogP contribution < -0.4 is 15.4 Å². The molecule has 7 heteroatoms. The summed E-state index contributed by atoms with van der Waals surface area (Å²) in [4.78, 5) is 37.6. The third-order valence-corrected chi connectivity index (χ3v) is 4.07. The maximum Gasteiger partial charge on any atom is 0.325 e. The van der Waals surface area contributed by atoms with Gasteiger partial charge in [-0.05, 0) is 29.8 Å². The molecule has 1 atom stereocenters. The van der Waals surface area contributed by atoms with Crippen LogP contribution in [0.2, 0.25) is 0 Å². The molecule has 1 heterocycles. The van der Waals surface area contributed by atoms with E-state index in [2.05, 4.69) is 10.6 Å². The molecule has 1 unspecified atom stereocenters. The zero-order valence-electron chi connectivity index (χ0n) is 14.3. The number of hydrogen-bond donors (Lipinski definition) is 2. The number of urea groups is 1. The third-order valence-electron chi connectivity index (χ3n) is 4.07. The van der Waals surface area contributed by atoms with Gasteiger partial charge in [0, 0.05) is 12.1 Å². The molecule has 134 valence electrons. The summed E-state index contributed by atoms with van der Waals surface area (Å²) in [6, 6.07) is 15.0. The molecule has 4 amide bonds. The molecule has 0 spiro atoms. The van der Waals surface area contributed by atoms with Gasteiger partial charge in [0.2, 0.25) is 5.91 Å². The van der Waals surface area contributed by atoms with Crippen LogP contribution in [0, 0.1) is 0 Å². The maximum absolute atomic E-state index is 12.4. The van der Waals surface area contributed by atoms with Crippen molar-refractivity contribution in [3.63, 3.8) is 0 Å². The SMILES string of the molecule is COc1ccc(NC(=O)CN2C(=O)NC(Cc3ccccc3)C2=O)cc1. The Morgan fingerprint density at radius 3 is 2.46 bits per heavy atom. The van der Waals surface area contributed by atoms with E-state index in [0.29, 0.717) is 17.9 Å². The lowest BCUT2D eigenvalue weighted by Gasteiger charge is -2.13. The highest BCUT2D eigenvalue weighted by atomic mass is 16.5. The van der Waals surface area contributed by atoms with Gasteiger partial charge in [-0.25, -0.2) is 4.79 Å². The van der Waals surface area contributed by atoms with Gasteiger partial charge in [0.05, 0.1) is 7.11 Å². The van der Waals surface area contributed by atoms with Gasteiger partial charge in [-0.3, -0.25) is 14.5 Å². The Morgan fingerprint density at radius 1 is 1.12 bits per heavy atom. The summed E-state index contributed by atoms with van der Waals surface area (Å²) in [5, 5.41) is 5.28. The van der Waals surface area contributed by atoms with E-state index >= 15 is 0 Å². The number of ether oxygens (including phenoxy) is 1. The number of hydrogen-bond acceptors (Lipinski definition) is 4. The minimum atomic E-state index is -0.654. The third kappa shape index (κ3) is 4.00. The summed E-state index contributed by atoms with van der Waals surface area (Å²) in [6.45, 7) is -0.331. The van der Waals surface area contributed by atoms with Gasteiger partial charge < -0.3 is 15.4 Å². The van der Waals surface area contributed by atoms with Crippen molar-refractivity contribution in [1.29, 1.82) is 0 Å². The van der Waals surface area contributed by atoms with Crippen LogP contribution in [0.25, 0.3) is 0 Å². The second kappa shape index (κ2) is 7.69. The van der Waals surface area contributed by atoms with Crippen molar-refractivity contribution in [2.75, 3.05) is 19.0 Å². The molecule has 0 aromatic heterocycles. The Labute approximate surface area is 150 Å². The number of nitrogens with zero attached hydrogens (tertiary/aromatic N) is 1. The first-order valence-corrected chi connectivity index (χ1v) is 8.16. The Balaban J connectivity index is 1.59. The summed E-state index contributed by atoms with van der Waals surface area (Å²) in [6.07, 6.45) is 0.391. The van der Waals surface area contributed by atoms with E-state index in [4.69, 9.17) is 4.74 Å². The molecule has 1 aliphatic heterocycles. The molecule has 2 aromatic carbocycles. The number of imide groups is 1. The quantitative estimate of drug-likeness (QED) is 0.775. The molecule has 1 saturated heterocycles. The van der Waals surface area contributed by atoms with E-state index in [-0.39, 0.29) is 6.54 Å². The Morgan fingerprint density at radius 2 is 1.81 bits per heavy atom. The van der Waals surface area contributed by atoms with Gasteiger partial charge in [0.15, 0.2) is 0 Å². The van der Waals surface area contributed by atoms with Crippen LogP contribution in [0.5, 0.6) is 5.75 Å². The smallest absolute Gasteiger partial charge is 0.325 e. The fraction of sp³-hybridized carbons (Fsp3) is 0.211. The molecule has 1 fully saturated rings. The minimum Gasteiger partial charge on any atom is -0.497 e. The van der Waals surface area contributed by atoms with Gasteiger partial charge in [0.25, 0.3) is 5.91 Å². The number of nitrogens with one attached hydrogen (secondary N) is 2. The molecule has 26 heavy (non-hydrogen) atoms. The second-order valence-electron chi connectivity index (χ2n) is 5.89. The number of anilines is 1. The molecule has 7 nitrogen and oxygen atoms in total. The van der Waals surface area contributed by atoms with Crippen molar-refractivity contribution in [1.82, 2.24) is 10.2 Å². The molecule has 3 rings (SSSR count). The molecule has 0 bridgehead atoms. The van der Waals surface area contributed by atoms with E-state index in [9.17, 15) is 14.4 Å². The van der Waals surface area contributed by atoms with Crippen LogP contribution in [0.3, 0.4) is 0 Å². The Kier molecular flexibility index (Phi) is 5.17. The molecule has 0 radical (unpaired) electrons. The summed E-state index contributed by atoms with van der Waals surface area (Å²) >= 11 is 0. The first kappa shape index (κ1) is 17.5. The van der Waals surface area contributed by atoms with Gasteiger partial charge in [-0.1, -0.05) is 30.3 Å². The fourth-order valence-electron chi connectivity index (χ4n) is 2.73. The average molecular weight is 353 g/mol. The average Bonchev–Trinajstić information content (AvgIpc) is 2.90.